The van der Waals surface area contributed by atoms with Crippen molar-refractivity contribution in [2.45, 2.75) is 63.9 Å². The van der Waals surface area contributed by atoms with Crippen LogP contribution in [0.5, 0.6) is 0 Å². The zero-order valence-corrected chi connectivity index (χ0v) is 19.2. The number of hydrogen-bond donors (Lipinski definition) is 1. The number of nitrogens with one attached hydrogen (secondary N) is 1. The Bertz CT molecular complexity index is 853. The Morgan fingerprint density at radius 2 is 1.45 bits per heavy atom. The van der Waals surface area contributed by atoms with Crippen molar-refractivity contribution in [2.24, 2.45) is 0 Å². The van der Waals surface area contributed by atoms with Crippen LogP contribution in [0.4, 0.5) is 0 Å². The van der Waals surface area contributed by atoms with Gasteiger partial charge in [-0.25, -0.2) is 0 Å². The highest BCUT2D eigenvalue weighted by molar-refractivity contribution is 6.74. The predicted octanol–water partition coefficient (Wildman–Crippen LogP) is 6.33. The van der Waals surface area contributed by atoms with Gasteiger partial charge in [-0.15, -0.1) is 0 Å². The second kappa shape index (κ2) is 8.68. The molecule has 0 amide bonds. The summed E-state index contributed by atoms with van der Waals surface area (Å²) in [5.74, 6) is 0.195. The van der Waals surface area contributed by atoms with Crippen LogP contribution in [0, 0.1) is 0 Å². The quantitative estimate of drug-likeness (QED) is 0.545. The molecule has 0 saturated carbocycles. The monoisotopic (exact) mass is 407 g/mol. The first-order chi connectivity index (χ1) is 13.7. The molecule has 29 heavy (non-hydrogen) atoms. The van der Waals surface area contributed by atoms with Crippen LogP contribution >= 0.6 is 0 Å². The van der Waals surface area contributed by atoms with Crippen molar-refractivity contribution < 1.29 is 9.22 Å². The summed E-state index contributed by atoms with van der Waals surface area (Å²) in [7, 11) is -2.04. The minimum Gasteiger partial charge on any atom is -0.407 e. The molecule has 1 aliphatic rings. The van der Waals surface area contributed by atoms with Gasteiger partial charge in [0.25, 0.3) is 0 Å². The molecular formula is C25H33NO2Si. The highest BCUT2D eigenvalue weighted by Gasteiger charge is 2.41. The van der Waals surface area contributed by atoms with Crippen LogP contribution in [-0.4, -0.2) is 14.1 Å². The first kappa shape index (κ1) is 21.5. The molecule has 0 unspecified atom stereocenters. The third-order valence-corrected chi connectivity index (χ3v) is 10.6. The minimum absolute atomic E-state index is 0.0649. The van der Waals surface area contributed by atoms with Crippen molar-refractivity contribution in [1.82, 2.24) is 5.32 Å². The van der Waals surface area contributed by atoms with Gasteiger partial charge in [-0.1, -0.05) is 81.4 Å². The lowest BCUT2D eigenvalue weighted by molar-refractivity contribution is -0.114. The molecule has 0 bridgehead atoms. The molecule has 2 aromatic rings. The zero-order chi connectivity index (χ0) is 21.1. The second-order valence-corrected chi connectivity index (χ2v) is 14.1. The molecule has 0 aliphatic heterocycles. The molecule has 3 rings (SSSR count). The Kier molecular flexibility index (Phi) is 6.44. The summed E-state index contributed by atoms with van der Waals surface area (Å²) in [6, 6.07) is 20.8. The van der Waals surface area contributed by atoms with E-state index in [0.717, 1.165) is 17.7 Å². The standard InChI is InChI=1S/C25H33NO2Si/c1-25(2,3)29(4,5)28-24(20-14-10-7-11-15-20)23(19-12-8-6-9-13-19)26-21-16-17-22(27)18-21/h6-15,18,23-24,26H,16-17H2,1-5H3/t23-,24+/m0/s1. The summed E-state index contributed by atoms with van der Waals surface area (Å²) in [6.07, 6.45) is 2.97. The van der Waals surface area contributed by atoms with Crippen LogP contribution in [0.2, 0.25) is 18.1 Å². The molecule has 4 heteroatoms. The SMILES string of the molecule is CC(C)(C)[Si](C)(C)O[C@H](c1ccccc1)[C@@H](NC1=CC(=O)CC1)c1ccccc1. The van der Waals surface area contributed by atoms with Crippen LogP contribution in [0.3, 0.4) is 0 Å². The second-order valence-electron chi connectivity index (χ2n) is 9.38. The smallest absolute Gasteiger partial charge is 0.193 e. The maximum absolute atomic E-state index is 11.8. The first-order valence-corrected chi connectivity index (χ1v) is 13.4. The molecule has 0 saturated heterocycles. The van der Waals surface area contributed by atoms with Crippen molar-refractivity contribution in [3.05, 3.63) is 83.6 Å². The molecule has 0 spiro atoms. The molecule has 0 aromatic heterocycles. The molecule has 0 fully saturated rings. The van der Waals surface area contributed by atoms with Crippen LogP contribution in [0.25, 0.3) is 0 Å². The van der Waals surface area contributed by atoms with Crippen LogP contribution in [-0.2, 0) is 9.22 Å². The van der Waals surface area contributed by atoms with Crippen LogP contribution < -0.4 is 5.32 Å². The lowest BCUT2D eigenvalue weighted by atomic mass is 9.95. The Hall–Kier alpha value is -2.17. The molecular weight excluding hydrogens is 374 g/mol. The van der Waals surface area contributed by atoms with Gasteiger partial charge in [0.05, 0.1) is 12.1 Å². The molecule has 3 nitrogen and oxygen atoms in total. The Morgan fingerprint density at radius 1 is 0.897 bits per heavy atom. The first-order valence-electron chi connectivity index (χ1n) is 10.4. The van der Waals surface area contributed by atoms with E-state index in [1.165, 1.54) is 5.56 Å². The largest absolute Gasteiger partial charge is 0.407 e. The van der Waals surface area contributed by atoms with E-state index >= 15 is 0 Å². The number of rotatable bonds is 7. The zero-order valence-electron chi connectivity index (χ0n) is 18.2. The number of carbonyl (C=O) groups excluding carboxylic acids is 1. The Labute approximate surface area is 176 Å². The summed E-state index contributed by atoms with van der Waals surface area (Å²) in [5, 5.41) is 3.77. The summed E-state index contributed by atoms with van der Waals surface area (Å²) in [5.41, 5.74) is 3.33. The van der Waals surface area contributed by atoms with Crippen LogP contribution in [0.1, 0.15) is 56.9 Å². The lowest BCUT2D eigenvalue weighted by Crippen LogP contribution is -2.44. The van der Waals surface area contributed by atoms with Crippen molar-refractivity contribution in [3.8, 4) is 0 Å². The van der Waals surface area contributed by atoms with E-state index in [-0.39, 0.29) is 23.0 Å². The van der Waals surface area contributed by atoms with E-state index in [9.17, 15) is 4.79 Å². The Morgan fingerprint density at radius 3 is 1.93 bits per heavy atom. The summed E-state index contributed by atoms with van der Waals surface area (Å²) in [4.78, 5) is 11.8. The highest BCUT2D eigenvalue weighted by atomic mass is 28.4. The fourth-order valence-electron chi connectivity index (χ4n) is 3.37. The number of hydrogen-bond acceptors (Lipinski definition) is 3. The molecule has 0 radical (unpaired) electrons. The number of benzene rings is 2. The lowest BCUT2D eigenvalue weighted by Gasteiger charge is -2.42. The molecule has 2 aromatic carbocycles. The molecule has 1 aliphatic carbocycles. The molecule has 154 valence electrons. The maximum atomic E-state index is 11.8. The average Bonchev–Trinajstić information content (AvgIpc) is 3.10. The van der Waals surface area contributed by atoms with Crippen molar-refractivity contribution in [2.75, 3.05) is 0 Å². The van der Waals surface area contributed by atoms with Gasteiger partial charge in [0.15, 0.2) is 14.1 Å². The summed E-state index contributed by atoms with van der Waals surface area (Å²) in [6.45, 7) is 11.4. The maximum Gasteiger partial charge on any atom is 0.193 e. The van der Waals surface area contributed by atoms with Crippen molar-refractivity contribution >= 4 is 14.1 Å². The van der Waals surface area contributed by atoms with E-state index in [2.05, 4.69) is 87.7 Å². The van der Waals surface area contributed by atoms with Gasteiger partial charge in [-0.3, -0.25) is 4.79 Å². The van der Waals surface area contributed by atoms with Gasteiger partial charge >= 0.3 is 0 Å². The fourth-order valence-corrected chi connectivity index (χ4v) is 4.63. The van der Waals surface area contributed by atoms with E-state index < -0.39 is 8.32 Å². The van der Waals surface area contributed by atoms with Gasteiger partial charge in [0.1, 0.15) is 0 Å². The average molecular weight is 408 g/mol. The van der Waals surface area contributed by atoms with E-state index in [0.29, 0.717) is 6.42 Å². The minimum atomic E-state index is -2.04. The van der Waals surface area contributed by atoms with Crippen molar-refractivity contribution in [3.63, 3.8) is 0 Å². The normalized spacial score (nSPS) is 17.0. The summed E-state index contributed by atoms with van der Waals surface area (Å²) >= 11 is 0. The van der Waals surface area contributed by atoms with Gasteiger partial charge in [0.2, 0.25) is 0 Å². The molecule has 1 N–H and O–H groups in total. The van der Waals surface area contributed by atoms with Gasteiger partial charge in [-0.2, -0.15) is 0 Å². The third-order valence-electron chi connectivity index (χ3n) is 6.13. The van der Waals surface area contributed by atoms with E-state index in [1.807, 2.05) is 12.1 Å². The predicted molar refractivity (Wildman–Crippen MR) is 122 cm³/mol. The number of ketones is 1. The number of allylic oxidation sites excluding steroid dienone is 2. The fraction of sp³-hybridized carbons (Fsp3) is 0.400. The Balaban J connectivity index is 2.04. The van der Waals surface area contributed by atoms with Crippen molar-refractivity contribution in [1.29, 1.82) is 0 Å². The molecule has 0 heterocycles. The summed E-state index contributed by atoms with van der Waals surface area (Å²) < 4.78 is 7.01. The van der Waals surface area contributed by atoms with Gasteiger partial charge < -0.3 is 9.74 Å². The number of carbonyl (C=O) groups is 1. The van der Waals surface area contributed by atoms with Gasteiger partial charge in [-0.05, 0) is 35.7 Å². The van der Waals surface area contributed by atoms with E-state index in [1.54, 1.807) is 6.08 Å². The third kappa shape index (κ3) is 5.25. The van der Waals surface area contributed by atoms with Crippen LogP contribution in [0.15, 0.2) is 72.4 Å². The van der Waals surface area contributed by atoms with Gasteiger partial charge in [0, 0.05) is 18.2 Å². The highest BCUT2D eigenvalue weighted by Crippen LogP contribution is 2.43. The molecule has 2 atom stereocenters. The topological polar surface area (TPSA) is 38.3 Å². The van der Waals surface area contributed by atoms with E-state index in [4.69, 9.17) is 4.43 Å².